The number of nitrogens with zero attached hydrogens (tertiary/aromatic N) is 2. The molecule has 1 aromatic carbocycles. The number of benzene rings is 1. The molecule has 0 aliphatic carbocycles. The molecule has 4 heteroatoms. The van der Waals surface area contributed by atoms with Gasteiger partial charge in [0, 0.05) is 23.2 Å². The van der Waals surface area contributed by atoms with E-state index in [0.29, 0.717) is 5.56 Å². The Morgan fingerprint density at radius 1 is 1.35 bits per heavy atom. The predicted molar refractivity (Wildman–Crippen MR) is 70.9 cm³/mol. The van der Waals surface area contributed by atoms with E-state index in [1.54, 1.807) is 0 Å². The van der Waals surface area contributed by atoms with E-state index < -0.39 is 5.60 Å². The van der Waals surface area contributed by atoms with Crippen molar-refractivity contribution < 1.29 is 5.11 Å². The highest BCUT2D eigenvalue weighted by molar-refractivity contribution is 9.10. The number of hydrogen-bond acceptors (Lipinski definition) is 3. The van der Waals surface area contributed by atoms with Crippen LogP contribution in [0.3, 0.4) is 0 Å². The number of nitriles is 1. The first-order valence-corrected chi connectivity index (χ1v) is 6.47. The molecule has 0 spiro atoms. The van der Waals surface area contributed by atoms with Crippen molar-refractivity contribution in [2.45, 2.75) is 25.4 Å². The fourth-order valence-electron chi connectivity index (χ4n) is 2.07. The van der Waals surface area contributed by atoms with E-state index >= 15 is 0 Å². The van der Waals surface area contributed by atoms with Gasteiger partial charge in [0.2, 0.25) is 0 Å². The molecule has 1 aliphatic heterocycles. The molecule has 1 N–H and O–H groups in total. The molecule has 0 radical (unpaired) electrons. The zero-order chi connectivity index (χ0) is 12.5. The number of hydrogen-bond donors (Lipinski definition) is 1. The van der Waals surface area contributed by atoms with Gasteiger partial charge in [-0.15, -0.1) is 0 Å². The smallest absolute Gasteiger partial charge is 0.0992 e. The van der Waals surface area contributed by atoms with Crippen LogP contribution in [-0.2, 0) is 0 Å². The maximum absolute atomic E-state index is 9.91. The maximum atomic E-state index is 9.91. The monoisotopic (exact) mass is 294 g/mol. The summed E-state index contributed by atoms with van der Waals surface area (Å²) in [4.78, 5) is 2.21. The normalized spacial score (nSPS) is 18.8. The Morgan fingerprint density at radius 2 is 2.00 bits per heavy atom. The van der Waals surface area contributed by atoms with Gasteiger partial charge in [0.1, 0.15) is 0 Å². The summed E-state index contributed by atoms with van der Waals surface area (Å²) < 4.78 is 0.920. The summed E-state index contributed by atoms with van der Waals surface area (Å²) in [6.45, 7) is 3.54. The van der Waals surface area contributed by atoms with Crippen molar-refractivity contribution in [2.75, 3.05) is 18.0 Å². The van der Waals surface area contributed by atoms with Crippen LogP contribution >= 0.6 is 15.9 Å². The van der Waals surface area contributed by atoms with E-state index in [0.717, 1.165) is 36.1 Å². The Hall–Kier alpha value is -1.05. The number of halogens is 1. The second-order valence-electron chi connectivity index (χ2n) is 4.79. The second-order valence-corrected chi connectivity index (χ2v) is 5.71. The highest BCUT2D eigenvalue weighted by Gasteiger charge is 2.27. The average molecular weight is 295 g/mol. The Labute approximate surface area is 110 Å². The maximum Gasteiger partial charge on any atom is 0.0992 e. The molecule has 0 atom stereocenters. The van der Waals surface area contributed by atoms with Gasteiger partial charge < -0.3 is 10.0 Å². The molecule has 1 heterocycles. The molecular weight excluding hydrogens is 280 g/mol. The van der Waals surface area contributed by atoms with Gasteiger partial charge in [-0.2, -0.15) is 5.26 Å². The summed E-state index contributed by atoms with van der Waals surface area (Å²) in [6.07, 6.45) is 1.53. The molecule has 90 valence electrons. The lowest BCUT2D eigenvalue weighted by Gasteiger charge is -2.37. The number of anilines is 1. The molecular formula is C13H15BrN2O. The molecule has 1 aliphatic rings. The van der Waals surface area contributed by atoms with Gasteiger partial charge in [-0.05, 0) is 38.0 Å². The fraction of sp³-hybridized carbons (Fsp3) is 0.462. The lowest BCUT2D eigenvalue weighted by atomic mass is 9.93. The van der Waals surface area contributed by atoms with Gasteiger partial charge in [-0.3, -0.25) is 0 Å². The van der Waals surface area contributed by atoms with Crippen LogP contribution in [0.2, 0.25) is 0 Å². The van der Waals surface area contributed by atoms with Crippen LogP contribution < -0.4 is 4.90 Å². The summed E-state index contributed by atoms with van der Waals surface area (Å²) >= 11 is 3.42. The Balaban J connectivity index is 2.19. The van der Waals surface area contributed by atoms with Crippen molar-refractivity contribution in [1.82, 2.24) is 0 Å². The third-order valence-electron chi connectivity index (χ3n) is 3.22. The molecule has 0 unspecified atom stereocenters. The third kappa shape index (κ3) is 2.99. The first kappa shape index (κ1) is 12.4. The Morgan fingerprint density at radius 3 is 2.59 bits per heavy atom. The third-order valence-corrected chi connectivity index (χ3v) is 3.68. The van der Waals surface area contributed by atoms with Crippen LogP contribution in [0.1, 0.15) is 25.3 Å². The van der Waals surface area contributed by atoms with Gasteiger partial charge >= 0.3 is 0 Å². The van der Waals surface area contributed by atoms with Gasteiger partial charge in [0.05, 0.1) is 17.2 Å². The van der Waals surface area contributed by atoms with Crippen LogP contribution in [0.5, 0.6) is 0 Å². The van der Waals surface area contributed by atoms with Crippen LogP contribution in [0, 0.1) is 11.3 Å². The number of rotatable bonds is 1. The first-order chi connectivity index (χ1) is 8.00. The van der Waals surface area contributed by atoms with Crippen LogP contribution in [0.4, 0.5) is 5.69 Å². The largest absolute Gasteiger partial charge is 0.390 e. The van der Waals surface area contributed by atoms with Crippen molar-refractivity contribution in [3.63, 3.8) is 0 Å². The fourth-order valence-corrected chi connectivity index (χ4v) is 2.55. The predicted octanol–water partition coefficient (Wildman–Crippen LogP) is 2.67. The molecule has 2 rings (SSSR count). The van der Waals surface area contributed by atoms with Gasteiger partial charge in [-0.1, -0.05) is 15.9 Å². The standard InChI is InChI=1S/C13H15BrN2O/c1-13(17)2-4-16(5-3-13)12-7-10(9-15)6-11(14)8-12/h6-8,17H,2-5H2,1H3. The lowest BCUT2D eigenvalue weighted by Crippen LogP contribution is -2.42. The van der Waals surface area contributed by atoms with E-state index in [4.69, 9.17) is 5.26 Å². The molecule has 0 saturated carbocycles. The minimum atomic E-state index is -0.541. The quantitative estimate of drug-likeness (QED) is 0.866. The van der Waals surface area contributed by atoms with Crippen molar-refractivity contribution in [1.29, 1.82) is 5.26 Å². The van der Waals surface area contributed by atoms with Crippen molar-refractivity contribution in [3.8, 4) is 6.07 Å². The van der Waals surface area contributed by atoms with Gasteiger partial charge in [0.15, 0.2) is 0 Å². The summed E-state index contributed by atoms with van der Waals surface area (Å²) in [5.74, 6) is 0. The summed E-state index contributed by atoms with van der Waals surface area (Å²) in [6, 6.07) is 7.88. The van der Waals surface area contributed by atoms with E-state index in [1.165, 1.54) is 0 Å². The average Bonchev–Trinajstić information content (AvgIpc) is 2.28. The molecule has 0 bridgehead atoms. The Kier molecular flexibility index (Phi) is 3.41. The molecule has 0 amide bonds. The zero-order valence-corrected chi connectivity index (χ0v) is 11.4. The van der Waals surface area contributed by atoms with E-state index in [-0.39, 0.29) is 0 Å². The molecule has 0 aromatic heterocycles. The lowest BCUT2D eigenvalue weighted by molar-refractivity contribution is 0.0351. The highest BCUT2D eigenvalue weighted by atomic mass is 79.9. The second kappa shape index (κ2) is 4.67. The molecule has 1 saturated heterocycles. The van der Waals surface area contributed by atoms with Gasteiger partial charge in [0.25, 0.3) is 0 Å². The summed E-state index contributed by atoms with van der Waals surface area (Å²) in [5, 5.41) is 18.8. The van der Waals surface area contributed by atoms with E-state index in [1.807, 2.05) is 25.1 Å². The number of aliphatic hydroxyl groups is 1. The minimum Gasteiger partial charge on any atom is -0.390 e. The van der Waals surface area contributed by atoms with Gasteiger partial charge in [-0.25, -0.2) is 0 Å². The first-order valence-electron chi connectivity index (χ1n) is 5.68. The van der Waals surface area contributed by atoms with E-state index in [9.17, 15) is 5.11 Å². The van der Waals surface area contributed by atoms with Crippen molar-refractivity contribution >= 4 is 21.6 Å². The Bertz CT molecular complexity index is 455. The molecule has 1 aromatic rings. The molecule has 3 nitrogen and oxygen atoms in total. The van der Waals surface area contributed by atoms with Crippen LogP contribution in [-0.4, -0.2) is 23.8 Å². The molecule has 17 heavy (non-hydrogen) atoms. The molecule has 1 fully saturated rings. The van der Waals surface area contributed by atoms with Crippen LogP contribution in [0.15, 0.2) is 22.7 Å². The summed E-state index contributed by atoms with van der Waals surface area (Å²) in [5.41, 5.74) is 1.17. The zero-order valence-electron chi connectivity index (χ0n) is 9.78. The SMILES string of the molecule is CC1(O)CCN(c2cc(Br)cc(C#N)c2)CC1. The summed E-state index contributed by atoms with van der Waals surface area (Å²) in [7, 11) is 0. The van der Waals surface area contributed by atoms with Crippen molar-refractivity contribution in [2.24, 2.45) is 0 Å². The number of piperidine rings is 1. The van der Waals surface area contributed by atoms with E-state index in [2.05, 4.69) is 26.9 Å². The minimum absolute atomic E-state index is 0.541. The van der Waals surface area contributed by atoms with Crippen molar-refractivity contribution in [3.05, 3.63) is 28.2 Å². The highest BCUT2D eigenvalue weighted by Crippen LogP contribution is 2.28. The topological polar surface area (TPSA) is 47.3 Å². The van der Waals surface area contributed by atoms with Crippen LogP contribution in [0.25, 0.3) is 0 Å².